The summed E-state index contributed by atoms with van der Waals surface area (Å²) < 4.78 is 48.1. The maximum atomic E-state index is 12.3. The Hall–Kier alpha value is -2.35. The van der Waals surface area contributed by atoms with Gasteiger partial charge >= 0.3 is 5.51 Å². The minimum atomic E-state index is -4.35. The normalized spacial score (nSPS) is 16.4. The number of ether oxygens (including phenoxy) is 2. The number of hydrogen-bond donors (Lipinski definition) is 1. The fourth-order valence-corrected chi connectivity index (χ4v) is 2.82. The van der Waals surface area contributed by atoms with Crippen molar-refractivity contribution in [2.45, 2.75) is 16.5 Å². The molecule has 2 aromatic rings. The van der Waals surface area contributed by atoms with E-state index in [0.717, 1.165) is 0 Å². The largest absolute Gasteiger partial charge is 0.486 e. The quantitative estimate of drug-likeness (QED) is 0.832. The van der Waals surface area contributed by atoms with Gasteiger partial charge in [0.2, 0.25) is 0 Å². The van der Waals surface area contributed by atoms with E-state index in [1.807, 2.05) is 12.1 Å². The van der Waals surface area contributed by atoms with Crippen molar-refractivity contribution in [3.8, 4) is 11.5 Å². The van der Waals surface area contributed by atoms with Crippen LogP contribution in [0.1, 0.15) is 10.4 Å². The monoisotopic (exact) mass is 369 g/mol. The first-order valence-corrected chi connectivity index (χ1v) is 8.25. The second-order valence-corrected chi connectivity index (χ2v) is 6.42. The van der Waals surface area contributed by atoms with E-state index in [4.69, 9.17) is 9.47 Å². The number of para-hydroxylation sites is 2. The molecule has 0 fully saturated rings. The molecule has 0 saturated carbocycles. The van der Waals surface area contributed by atoms with Crippen molar-refractivity contribution in [3.05, 3.63) is 54.1 Å². The van der Waals surface area contributed by atoms with Gasteiger partial charge in [-0.1, -0.05) is 12.1 Å². The van der Waals surface area contributed by atoms with Crippen LogP contribution in [0.15, 0.2) is 53.4 Å². The first-order chi connectivity index (χ1) is 11.9. The van der Waals surface area contributed by atoms with Crippen molar-refractivity contribution in [1.82, 2.24) is 5.32 Å². The SMILES string of the molecule is O=C(NCC1COc2ccccc2O1)c1ccc(SC(F)(F)F)cc1. The van der Waals surface area contributed by atoms with Crippen molar-refractivity contribution >= 4 is 17.7 Å². The summed E-state index contributed by atoms with van der Waals surface area (Å²) in [5.41, 5.74) is -4.07. The zero-order valence-electron chi connectivity index (χ0n) is 12.9. The van der Waals surface area contributed by atoms with Gasteiger partial charge in [-0.2, -0.15) is 13.2 Å². The van der Waals surface area contributed by atoms with Gasteiger partial charge in [-0.25, -0.2) is 0 Å². The highest BCUT2D eigenvalue weighted by Crippen LogP contribution is 2.36. The molecule has 8 heteroatoms. The Bertz CT molecular complexity index is 750. The summed E-state index contributed by atoms with van der Waals surface area (Å²) in [5.74, 6) is 0.885. The molecule has 132 valence electrons. The zero-order chi connectivity index (χ0) is 17.9. The molecule has 1 N–H and O–H groups in total. The molecule has 0 bridgehead atoms. The van der Waals surface area contributed by atoms with Crippen molar-refractivity contribution in [2.75, 3.05) is 13.2 Å². The number of rotatable bonds is 4. The van der Waals surface area contributed by atoms with Crippen LogP contribution in [0.3, 0.4) is 0 Å². The topological polar surface area (TPSA) is 47.6 Å². The van der Waals surface area contributed by atoms with Crippen LogP contribution in [0.2, 0.25) is 0 Å². The third-order valence-corrected chi connectivity index (χ3v) is 4.15. The lowest BCUT2D eigenvalue weighted by Gasteiger charge is -2.26. The standard InChI is InChI=1S/C17H14F3NO3S/c18-17(19,20)25-13-7-5-11(6-8-13)16(22)21-9-12-10-23-14-3-1-2-4-15(14)24-12/h1-8,12H,9-10H2,(H,21,22). The van der Waals surface area contributed by atoms with E-state index < -0.39 is 5.51 Å². The van der Waals surface area contributed by atoms with Crippen LogP contribution in [0, 0.1) is 0 Å². The van der Waals surface area contributed by atoms with Crippen molar-refractivity contribution in [2.24, 2.45) is 0 Å². The molecule has 2 aromatic carbocycles. The molecule has 0 spiro atoms. The van der Waals surface area contributed by atoms with Crippen molar-refractivity contribution in [3.63, 3.8) is 0 Å². The maximum absolute atomic E-state index is 12.3. The predicted molar refractivity (Wildman–Crippen MR) is 87.0 cm³/mol. The van der Waals surface area contributed by atoms with Crippen LogP contribution in [0.25, 0.3) is 0 Å². The van der Waals surface area contributed by atoms with Crippen molar-refractivity contribution < 1.29 is 27.4 Å². The Balaban J connectivity index is 1.53. The van der Waals surface area contributed by atoms with Gasteiger partial charge in [-0.15, -0.1) is 0 Å². The molecule has 4 nitrogen and oxygen atoms in total. The number of thioether (sulfide) groups is 1. The Morgan fingerprint density at radius 3 is 2.48 bits per heavy atom. The number of amides is 1. The second kappa shape index (κ2) is 7.26. The van der Waals surface area contributed by atoms with Gasteiger partial charge in [0.05, 0.1) is 6.54 Å². The third-order valence-electron chi connectivity index (χ3n) is 3.41. The first-order valence-electron chi connectivity index (χ1n) is 7.43. The number of carbonyl (C=O) groups excluding carboxylic acids is 1. The minimum absolute atomic E-state index is 0.0321. The average molecular weight is 369 g/mol. The summed E-state index contributed by atoms with van der Waals surface area (Å²) in [6.07, 6.45) is -0.334. The molecule has 3 rings (SSSR count). The number of benzene rings is 2. The smallest absolute Gasteiger partial charge is 0.446 e. The average Bonchev–Trinajstić information content (AvgIpc) is 2.59. The summed E-state index contributed by atoms with van der Waals surface area (Å²) in [6, 6.07) is 12.5. The molecular weight excluding hydrogens is 355 g/mol. The summed E-state index contributed by atoms with van der Waals surface area (Å²) in [4.78, 5) is 12.1. The van der Waals surface area contributed by atoms with Gasteiger partial charge in [-0.3, -0.25) is 4.79 Å². The Kier molecular flexibility index (Phi) is 5.08. The highest BCUT2D eigenvalue weighted by atomic mass is 32.2. The lowest BCUT2D eigenvalue weighted by Crippen LogP contribution is -2.40. The molecule has 1 unspecified atom stereocenters. The summed E-state index contributed by atoms with van der Waals surface area (Å²) >= 11 is -0.218. The van der Waals surface area contributed by atoms with E-state index in [2.05, 4.69) is 5.32 Å². The van der Waals surface area contributed by atoms with E-state index in [1.165, 1.54) is 24.3 Å². The first kappa shape index (κ1) is 17.5. The van der Waals surface area contributed by atoms with E-state index >= 15 is 0 Å². The van der Waals surface area contributed by atoms with Gasteiger partial charge in [-0.05, 0) is 48.2 Å². The molecule has 1 aliphatic rings. The predicted octanol–water partition coefficient (Wildman–Crippen LogP) is 3.87. The van der Waals surface area contributed by atoms with Gasteiger partial charge in [0.1, 0.15) is 12.7 Å². The number of carbonyl (C=O) groups is 1. The third kappa shape index (κ3) is 4.82. The zero-order valence-corrected chi connectivity index (χ0v) is 13.7. The minimum Gasteiger partial charge on any atom is -0.486 e. The lowest BCUT2D eigenvalue weighted by atomic mass is 10.2. The summed E-state index contributed by atoms with van der Waals surface area (Å²) in [5, 5.41) is 2.69. The summed E-state index contributed by atoms with van der Waals surface area (Å²) in [6.45, 7) is 0.532. The molecule has 1 amide bonds. The maximum Gasteiger partial charge on any atom is 0.446 e. The number of nitrogens with one attached hydrogen (secondary N) is 1. The molecule has 0 radical (unpaired) electrons. The van der Waals surface area contributed by atoms with Crippen LogP contribution < -0.4 is 14.8 Å². The van der Waals surface area contributed by atoms with Crippen LogP contribution in [0.5, 0.6) is 11.5 Å². The molecule has 1 aliphatic heterocycles. The number of halogens is 3. The van der Waals surface area contributed by atoms with Crippen LogP contribution >= 0.6 is 11.8 Å². The molecule has 0 aromatic heterocycles. The number of alkyl halides is 3. The molecule has 1 atom stereocenters. The molecular formula is C17H14F3NO3S. The lowest BCUT2D eigenvalue weighted by molar-refractivity contribution is -0.0328. The number of hydrogen-bond acceptors (Lipinski definition) is 4. The fourth-order valence-electron chi connectivity index (χ4n) is 2.28. The van der Waals surface area contributed by atoms with E-state index in [1.54, 1.807) is 12.1 Å². The van der Waals surface area contributed by atoms with E-state index in [-0.39, 0.29) is 40.8 Å². The molecule has 25 heavy (non-hydrogen) atoms. The van der Waals surface area contributed by atoms with E-state index in [9.17, 15) is 18.0 Å². The van der Waals surface area contributed by atoms with Crippen LogP contribution in [-0.2, 0) is 0 Å². The van der Waals surface area contributed by atoms with Crippen molar-refractivity contribution in [1.29, 1.82) is 0 Å². The van der Waals surface area contributed by atoms with Gasteiger partial charge < -0.3 is 14.8 Å². The Morgan fingerprint density at radius 1 is 1.12 bits per heavy atom. The highest BCUT2D eigenvalue weighted by molar-refractivity contribution is 8.00. The van der Waals surface area contributed by atoms with E-state index in [0.29, 0.717) is 18.1 Å². The van der Waals surface area contributed by atoms with Gasteiger partial charge in [0.25, 0.3) is 5.91 Å². The summed E-state index contributed by atoms with van der Waals surface area (Å²) in [7, 11) is 0. The highest BCUT2D eigenvalue weighted by Gasteiger charge is 2.29. The second-order valence-electron chi connectivity index (χ2n) is 5.28. The fraction of sp³-hybridized carbons (Fsp3) is 0.235. The Labute approximate surface area is 146 Å². The Morgan fingerprint density at radius 2 is 1.80 bits per heavy atom. The number of fused-ring (bicyclic) bond motifs is 1. The van der Waals surface area contributed by atoms with Gasteiger partial charge in [0, 0.05) is 10.5 Å². The molecule has 1 heterocycles. The molecule has 0 saturated heterocycles. The van der Waals surface area contributed by atoms with Crippen LogP contribution in [-0.4, -0.2) is 30.7 Å². The van der Waals surface area contributed by atoms with Gasteiger partial charge in [0.15, 0.2) is 11.5 Å². The van der Waals surface area contributed by atoms with Crippen LogP contribution in [0.4, 0.5) is 13.2 Å². The molecule has 0 aliphatic carbocycles.